The average molecular weight is 335 g/mol. The van der Waals surface area contributed by atoms with Gasteiger partial charge in [0.1, 0.15) is 5.75 Å². The van der Waals surface area contributed by atoms with Gasteiger partial charge in [-0.15, -0.1) is 0 Å². The third-order valence-corrected chi connectivity index (χ3v) is 5.69. The van der Waals surface area contributed by atoms with Gasteiger partial charge in [0.25, 0.3) is 5.89 Å². The Hall–Kier alpha value is -2.08. The van der Waals surface area contributed by atoms with Gasteiger partial charge in [0.05, 0.1) is 5.41 Å². The molecule has 1 unspecified atom stereocenters. The van der Waals surface area contributed by atoms with Gasteiger partial charge in [-0.25, -0.2) is 0 Å². The summed E-state index contributed by atoms with van der Waals surface area (Å²) in [6.45, 7) is 2.12. The Morgan fingerprint density at radius 2 is 2.13 bits per heavy atom. The van der Waals surface area contributed by atoms with Gasteiger partial charge in [0.15, 0.2) is 12.4 Å². The van der Waals surface area contributed by atoms with E-state index in [1.54, 1.807) is 24.3 Å². The van der Waals surface area contributed by atoms with E-state index < -0.39 is 11.4 Å². The molecule has 0 radical (unpaired) electrons. The monoisotopic (exact) mass is 334 g/mol. The summed E-state index contributed by atoms with van der Waals surface area (Å²) >= 11 is 5.82. The third-order valence-electron chi connectivity index (χ3n) is 5.43. The van der Waals surface area contributed by atoms with Crippen LogP contribution in [0, 0.1) is 11.3 Å². The summed E-state index contributed by atoms with van der Waals surface area (Å²) < 4.78 is 10.8. The summed E-state index contributed by atoms with van der Waals surface area (Å²) in [5.74, 6) is 0.966. The van der Waals surface area contributed by atoms with E-state index in [-0.39, 0.29) is 17.9 Å². The van der Waals surface area contributed by atoms with Gasteiger partial charge in [0, 0.05) is 10.4 Å². The van der Waals surface area contributed by atoms with Gasteiger partial charge in [-0.05, 0) is 43.0 Å². The van der Waals surface area contributed by atoms with E-state index >= 15 is 0 Å². The number of hydrogen-bond acceptors (Lipinski definition) is 5. The summed E-state index contributed by atoms with van der Waals surface area (Å²) in [7, 11) is 0. The van der Waals surface area contributed by atoms with Crippen LogP contribution in [0.5, 0.6) is 5.75 Å². The lowest BCUT2D eigenvalue weighted by Crippen LogP contribution is -2.75. The van der Waals surface area contributed by atoms with E-state index in [1.807, 2.05) is 6.92 Å². The molecule has 3 fully saturated rings. The van der Waals surface area contributed by atoms with Crippen molar-refractivity contribution < 1.29 is 19.2 Å². The molecule has 1 heterocycles. The SMILES string of the molecule is CC1C2(C(=O)O)CC1(c1noc(COc3ccc(Cl)cc3)n1)C2. The topological polar surface area (TPSA) is 85.5 Å². The predicted molar refractivity (Wildman–Crippen MR) is 80.2 cm³/mol. The summed E-state index contributed by atoms with van der Waals surface area (Å²) in [6.07, 6.45) is 1.18. The van der Waals surface area contributed by atoms with Crippen LogP contribution in [0.4, 0.5) is 0 Å². The maximum atomic E-state index is 11.3. The first-order valence-electron chi connectivity index (χ1n) is 7.41. The Bertz CT molecular complexity index is 765. The van der Waals surface area contributed by atoms with Crippen LogP contribution in [-0.2, 0) is 16.8 Å². The first kappa shape index (κ1) is 14.5. The van der Waals surface area contributed by atoms with Crippen molar-refractivity contribution in [3.63, 3.8) is 0 Å². The summed E-state index contributed by atoms with van der Waals surface area (Å²) in [6, 6.07) is 7.01. The molecule has 2 bridgehead atoms. The highest BCUT2D eigenvalue weighted by molar-refractivity contribution is 6.30. The molecule has 7 heteroatoms. The number of carboxylic acids is 1. The molecule has 3 aliphatic carbocycles. The summed E-state index contributed by atoms with van der Waals surface area (Å²) in [5, 5.41) is 14.0. The number of rotatable bonds is 5. The number of halogens is 1. The van der Waals surface area contributed by atoms with Crippen molar-refractivity contribution in [3.8, 4) is 5.75 Å². The number of carboxylic acid groups (broad SMARTS) is 1. The largest absolute Gasteiger partial charge is 0.484 e. The normalized spacial score (nSPS) is 31.1. The Morgan fingerprint density at radius 3 is 2.74 bits per heavy atom. The van der Waals surface area contributed by atoms with Crippen LogP contribution < -0.4 is 4.74 Å². The lowest BCUT2D eigenvalue weighted by atomic mass is 9.29. The van der Waals surface area contributed by atoms with Crippen LogP contribution >= 0.6 is 11.6 Å². The van der Waals surface area contributed by atoms with E-state index in [2.05, 4.69) is 10.1 Å². The second-order valence-electron chi connectivity index (χ2n) is 6.45. The first-order chi connectivity index (χ1) is 11.0. The van der Waals surface area contributed by atoms with Crippen LogP contribution in [0.2, 0.25) is 5.02 Å². The number of hydrogen-bond donors (Lipinski definition) is 1. The van der Waals surface area contributed by atoms with Crippen molar-refractivity contribution in [1.29, 1.82) is 0 Å². The number of carbonyl (C=O) groups is 1. The molecular weight excluding hydrogens is 320 g/mol. The number of benzene rings is 1. The van der Waals surface area contributed by atoms with Crippen LogP contribution in [0.1, 0.15) is 31.5 Å². The van der Waals surface area contributed by atoms with Crippen molar-refractivity contribution in [2.45, 2.75) is 31.8 Å². The molecule has 3 aliphatic rings. The molecule has 0 amide bonds. The van der Waals surface area contributed by atoms with E-state index in [0.717, 1.165) is 0 Å². The number of nitrogens with zero attached hydrogens (tertiary/aromatic N) is 2. The minimum absolute atomic E-state index is 0.0372. The molecule has 120 valence electrons. The fourth-order valence-electron chi connectivity index (χ4n) is 3.83. The lowest BCUT2D eigenvalue weighted by Gasteiger charge is -2.71. The van der Waals surface area contributed by atoms with Crippen LogP contribution in [0.25, 0.3) is 0 Å². The van der Waals surface area contributed by atoms with Gasteiger partial charge in [-0.2, -0.15) is 4.98 Å². The van der Waals surface area contributed by atoms with Crippen molar-refractivity contribution in [3.05, 3.63) is 41.0 Å². The van der Waals surface area contributed by atoms with Crippen LogP contribution in [0.3, 0.4) is 0 Å². The zero-order chi connectivity index (χ0) is 16.2. The Kier molecular flexibility index (Phi) is 2.97. The van der Waals surface area contributed by atoms with Gasteiger partial charge >= 0.3 is 5.97 Å². The third kappa shape index (κ3) is 1.91. The van der Waals surface area contributed by atoms with E-state index in [0.29, 0.717) is 35.3 Å². The molecule has 2 aromatic rings. The molecule has 23 heavy (non-hydrogen) atoms. The van der Waals surface area contributed by atoms with Crippen molar-refractivity contribution >= 4 is 17.6 Å². The quantitative estimate of drug-likeness (QED) is 0.904. The zero-order valence-electron chi connectivity index (χ0n) is 12.5. The fraction of sp³-hybridized carbons (Fsp3) is 0.438. The molecule has 0 spiro atoms. The maximum absolute atomic E-state index is 11.3. The van der Waals surface area contributed by atoms with Crippen LogP contribution in [-0.4, -0.2) is 21.2 Å². The van der Waals surface area contributed by atoms with E-state index in [4.69, 9.17) is 20.9 Å². The Labute approximate surface area is 137 Å². The molecule has 6 nitrogen and oxygen atoms in total. The lowest BCUT2D eigenvalue weighted by molar-refractivity contribution is -0.230. The molecule has 3 saturated carbocycles. The fourth-order valence-corrected chi connectivity index (χ4v) is 3.96. The highest BCUT2D eigenvalue weighted by Gasteiger charge is 2.79. The van der Waals surface area contributed by atoms with Gasteiger partial charge in [0.2, 0.25) is 0 Å². The highest BCUT2D eigenvalue weighted by atomic mass is 35.5. The zero-order valence-corrected chi connectivity index (χ0v) is 13.2. The predicted octanol–water partition coefficient (Wildman–Crippen LogP) is 3.05. The number of aromatic nitrogens is 2. The summed E-state index contributed by atoms with van der Waals surface area (Å²) in [4.78, 5) is 15.7. The minimum Gasteiger partial charge on any atom is -0.484 e. The minimum atomic E-state index is -0.721. The molecule has 5 rings (SSSR count). The highest BCUT2D eigenvalue weighted by Crippen LogP contribution is 2.76. The Morgan fingerprint density at radius 1 is 1.43 bits per heavy atom. The van der Waals surface area contributed by atoms with Crippen molar-refractivity contribution in [1.82, 2.24) is 10.1 Å². The molecule has 0 saturated heterocycles. The number of aliphatic carboxylic acids is 1. The van der Waals surface area contributed by atoms with Crippen molar-refractivity contribution in [2.24, 2.45) is 11.3 Å². The molecule has 1 N–H and O–H groups in total. The first-order valence-corrected chi connectivity index (χ1v) is 7.79. The van der Waals surface area contributed by atoms with Crippen LogP contribution in [0.15, 0.2) is 28.8 Å². The Balaban J connectivity index is 1.43. The molecule has 1 aromatic carbocycles. The second kappa shape index (κ2) is 4.71. The summed E-state index contributed by atoms with van der Waals surface area (Å²) in [5.41, 5.74) is -0.818. The van der Waals surface area contributed by atoms with Gasteiger partial charge in [-0.3, -0.25) is 4.79 Å². The van der Waals surface area contributed by atoms with Crippen molar-refractivity contribution in [2.75, 3.05) is 0 Å². The maximum Gasteiger partial charge on any atom is 0.310 e. The smallest absolute Gasteiger partial charge is 0.310 e. The second-order valence-corrected chi connectivity index (χ2v) is 6.88. The molecule has 1 aromatic heterocycles. The average Bonchev–Trinajstić information content (AvgIpc) is 2.93. The molecular formula is C16H15ClN2O4. The molecule has 0 aliphatic heterocycles. The number of ether oxygens (including phenoxy) is 1. The van der Waals surface area contributed by atoms with Gasteiger partial charge in [-0.1, -0.05) is 23.7 Å². The van der Waals surface area contributed by atoms with E-state index in [1.165, 1.54) is 0 Å². The standard InChI is InChI=1S/C16H15ClN2O4/c1-9-15(7-16(9,8-15)14(20)21)13-18-12(23-19-13)6-22-11-4-2-10(17)3-5-11/h2-5,9H,6-8H2,1H3,(H,20,21). The molecule has 1 atom stereocenters. The van der Waals surface area contributed by atoms with Gasteiger partial charge < -0.3 is 14.4 Å². The van der Waals surface area contributed by atoms with E-state index in [9.17, 15) is 9.90 Å².